The summed E-state index contributed by atoms with van der Waals surface area (Å²) in [7, 11) is 0. The molecule has 0 aromatic rings. The molecule has 5 fully saturated rings. The molecule has 4 heteroatoms. The van der Waals surface area contributed by atoms with Gasteiger partial charge in [0.25, 0.3) is 0 Å². The molecule has 0 radical (unpaired) electrons. The van der Waals surface area contributed by atoms with Crippen LogP contribution in [-0.4, -0.2) is 28.6 Å². The number of ketones is 1. The molecule has 0 amide bonds. The number of ether oxygens (including phenoxy) is 1. The van der Waals surface area contributed by atoms with Gasteiger partial charge in [-0.25, -0.2) is 0 Å². The Bertz CT molecular complexity index is 894. The van der Waals surface area contributed by atoms with Crippen molar-refractivity contribution >= 4 is 11.8 Å². The second kappa shape index (κ2) is 7.33. The van der Waals surface area contributed by atoms with Crippen LogP contribution in [0.4, 0.5) is 0 Å². The number of esters is 1. The molecular formula is C30H48O4. The predicted molar refractivity (Wildman–Crippen MR) is 133 cm³/mol. The van der Waals surface area contributed by atoms with Crippen molar-refractivity contribution in [2.24, 2.45) is 44.8 Å². The summed E-state index contributed by atoms with van der Waals surface area (Å²) in [5.74, 6) is 0.776. The van der Waals surface area contributed by atoms with E-state index in [1.807, 2.05) is 0 Å². The fourth-order valence-electron chi connectivity index (χ4n) is 10.4. The van der Waals surface area contributed by atoms with Crippen LogP contribution in [0.15, 0.2) is 0 Å². The Labute approximate surface area is 207 Å². The lowest BCUT2D eigenvalue weighted by molar-refractivity contribution is -0.286. The van der Waals surface area contributed by atoms with Gasteiger partial charge in [0.1, 0.15) is 11.7 Å². The van der Waals surface area contributed by atoms with E-state index in [4.69, 9.17) is 4.74 Å². The maximum atomic E-state index is 14.3. The zero-order chi connectivity index (χ0) is 24.9. The lowest BCUT2D eigenvalue weighted by Crippen LogP contribution is -2.76. The van der Waals surface area contributed by atoms with Gasteiger partial charge in [0.05, 0.1) is 0 Å². The molecule has 5 aliphatic rings. The van der Waals surface area contributed by atoms with Crippen LogP contribution >= 0.6 is 0 Å². The van der Waals surface area contributed by atoms with Gasteiger partial charge in [-0.05, 0) is 97.7 Å². The van der Waals surface area contributed by atoms with Gasteiger partial charge >= 0.3 is 5.97 Å². The minimum Gasteiger partial charge on any atom is -0.463 e. The van der Waals surface area contributed by atoms with Crippen LogP contribution in [0.25, 0.3) is 0 Å². The molecule has 192 valence electrons. The lowest BCUT2D eigenvalue weighted by Gasteiger charge is -2.74. The fraction of sp³-hybridized carbons (Fsp3) is 0.933. The molecule has 0 bridgehead atoms. The van der Waals surface area contributed by atoms with Crippen molar-refractivity contribution in [2.45, 2.75) is 131 Å². The molecule has 9 atom stereocenters. The van der Waals surface area contributed by atoms with Crippen LogP contribution in [0.5, 0.6) is 0 Å². The maximum Gasteiger partial charge on any atom is 0.302 e. The van der Waals surface area contributed by atoms with Crippen molar-refractivity contribution < 1.29 is 19.4 Å². The van der Waals surface area contributed by atoms with Crippen LogP contribution in [0.1, 0.15) is 119 Å². The van der Waals surface area contributed by atoms with Crippen molar-refractivity contribution in [2.75, 3.05) is 0 Å². The van der Waals surface area contributed by atoms with Gasteiger partial charge in [-0.1, -0.05) is 41.5 Å². The SMILES string of the molecule is CC(=O)OC1CCC2(C)C(CCC3(C)C2CC(=O)C2(O)C4CC(C)(C)CCC4(C)CCC32C)C1. The van der Waals surface area contributed by atoms with Crippen molar-refractivity contribution in [1.29, 1.82) is 0 Å². The largest absolute Gasteiger partial charge is 0.463 e. The summed E-state index contributed by atoms with van der Waals surface area (Å²) in [5.41, 5.74) is -1.37. The van der Waals surface area contributed by atoms with Gasteiger partial charge in [0, 0.05) is 24.7 Å². The standard InChI is InChI=1S/C30H48O4/c1-19(31)34-21-9-10-27(5)20(16-21)8-11-28(6)22(27)17-24(32)30(33)23-18-25(2,3)12-13-26(23,4)14-15-29(28,30)7/h20-23,33H,8-18H2,1-7H3. The predicted octanol–water partition coefficient (Wildman–Crippen LogP) is 6.48. The van der Waals surface area contributed by atoms with Crippen molar-refractivity contribution in [3.05, 3.63) is 0 Å². The number of rotatable bonds is 1. The van der Waals surface area contributed by atoms with Gasteiger partial charge in [-0.15, -0.1) is 0 Å². The normalized spacial score (nSPS) is 54.2. The molecule has 0 saturated heterocycles. The number of carbonyl (C=O) groups excluding carboxylic acids is 2. The van der Waals surface area contributed by atoms with Gasteiger partial charge in [0.15, 0.2) is 5.78 Å². The highest BCUT2D eigenvalue weighted by atomic mass is 16.5. The second-order valence-electron chi connectivity index (χ2n) is 15.0. The zero-order valence-corrected chi connectivity index (χ0v) is 22.8. The van der Waals surface area contributed by atoms with Crippen molar-refractivity contribution in [3.8, 4) is 0 Å². The molecule has 0 spiro atoms. The average molecular weight is 473 g/mol. The Hall–Kier alpha value is -0.900. The Morgan fingerprint density at radius 1 is 0.912 bits per heavy atom. The van der Waals surface area contributed by atoms with Crippen LogP contribution in [0.3, 0.4) is 0 Å². The summed E-state index contributed by atoms with van der Waals surface area (Å²) in [6.07, 6.45) is 10.8. The maximum absolute atomic E-state index is 14.3. The van der Waals surface area contributed by atoms with E-state index < -0.39 is 11.0 Å². The first kappa shape index (κ1) is 24.8. The van der Waals surface area contributed by atoms with Gasteiger partial charge in [0.2, 0.25) is 0 Å². The molecule has 5 aliphatic carbocycles. The Morgan fingerprint density at radius 3 is 2.26 bits per heavy atom. The molecule has 4 nitrogen and oxygen atoms in total. The molecule has 5 rings (SSSR count). The second-order valence-corrected chi connectivity index (χ2v) is 15.0. The molecule has 0 aromatic carbocycles. The minimum absolute atomic E-state index is 0.0200. The molecule has 0 aromatic heterocycles. The van der Waals surface area contributed by atoms with Crippen molar-refractivity contribution in [3.63, 3.8) is 0 Å². The van der Waals surface area contributed by atoms with E-state index in [1.165, 1.54) is 13.3 Å². The van der Waals surface area contributed by atoms with E-state index in [0.717, 1.165) is 57.8 Å². The number of aliphatic hydroxyl groups is 1. The fourth-order valence-corrected chi connectivity index (χ4v) is 10.4. The van der Waals surface area contributed by atoms with E-state index in [1.54, 1.807) is 0 Å². The Morgan fingerprint density at radius 2 is 1.59 bits per heavy atom. The third kappa shape index (κ3) is 3.05. The van der Waals surface area contributed by atoms with Crippen LogP contribution < -0.4 is 0 Å². The number of hydrogen-bond acceptors (Lipinski definition) is 4. The van der Waals surface area contributed by atoms with E-state index in [2.05, 4.69) is 41.5 Å². The van der Waals surface area contributed by atoms with E-state index >= 15 is 0 Å². The summed E-state index contributed by atoms with van der Waals surface area (Å²) < 4.78 is 5.63. The molecule has 9 unspecified atom stereocenters. The Kier molecular flexibility index (Phi) is 5.34. The first-order chi connectivity index (χ1) is 15.6. The highest BCUT2D eigenvalue weighted by Crippen LogP contribution is 2.76. The zero-order valence-electron chi connectivity index (χ0n) is 22.8. The van der Waals surface area contributed by atoms with Crippen molar-refractivity contribution in [1.82, 2.24) is 0 Å². The molecule has 1 N–H and O–H groups in total. The quantitative estimate of drug-likeness (QED) is 0.444. The molecular weight excluding hydrogens is 424 g/mol. The lowest BCUT2D eigenvalue weighted by atomic mass is 9.31. The monoisotopic (exact) mass is 472 g/mol. The van der Waals surface area contributed by atoms with Crippen LogP contribution in [0, 0.1) is 44.8 Å². The van der Waals surface area contributed by atoms with Gasteiger partial charge in [-0.3, -0.25) is 9.59 Å². The van der Waals surface area contributed by atoms with E-state index in [-0.39, 0.29) is 51.4 Å². The van der Waals surface area contributed by atoms with Gasteiger partial charge < -0.3 is 9.84 Å². The first-order valence-electron chi connectivity index (χ1n) is 14.0. The summed E-state index contributed by atoms with van der Waals surface area (Å²) in [6.45, 7) is 15.7. The molecule has 34 heavy (non-hydrogen) atoms. The average Bonchev–Trinajstić information content (AvgIpc) is 2.74. The highest BCUT2D eigenvalue weighted by molar-refractivity contribution is 5.90. The van der Waals surface area contributed by atoms with Gasteiger partial charge in [-0.2, -0.15) is 0 Å². The van der Waals surface area contributed by atoms with E-state index in [9.17, 15) is 14.7 Å². The Balaban J connectivity index is 1.53. The number of fused-ring (bicyclic) bond motifs is 7. The number of Topliss-reactive ketones (excluding diaryl/α,β-unsaturated/α-hetero) is 1. The minimum atomic E-state index is -1.22. The third-order valence-electron chi connectivity index (χ3n) is 13.0. The van der Waals surface area contributed by atoms with Crippen LogP contribution in [0.2, 0.25) is 0 Å². The van der Waals surface area contributed by atoms with Crippen LogP contribution in [-0.2, 0) is 14.3 Å². The van der Waals surface area contributed by atoms with E-state index in [0.29, 0.717) is 12.3 Å². The third-order valence-corrected chi connectivity index (χ3v) is 13.0. The highest BCUT2D eigenvalue weighted by Gasteiger charge is 2.76. The molecule has 5 saturated carbocycles. The summed E-state index contributed by atoms with van der Waals surface area (Å²) in [6, 6.07) is 0. The number of carbonyl (C=O) groups is 2. The topological polar surface area (TPSA) is 63.6 Å². The summed E-state index contributed by atoms with van der Waals surface area (Å²) in [5, 5.41) is 12.7. The molecule has 0 heterocycles. The summed E-state index contributed by atoms with van der Waals surface area (Å²) >= 11 is 0. The number of hydrogen-bond donors (Lipinski definition) is 1. The summed E-state index contributed by atoms with van der Waals surface area (Å²) in [4.78, 5) is 25.9. The smallest absolute Gasteiger partial charge is 0.302 e. The first-order valence-corrected chi connectivity index (χ1v) is 14.0. The molecule has 0 aliphatic heterocycles.